The number of carbonyl (C=O) groups excluding carboxylic acids is 1. The quantitative estimate of drug-likeness (QED) is 0.751. The molecule has 9 heteroatoms. The normalized spacial score (nSPS) is 23.7. The summed E-state index contributed by atoms with van der Waals surface area (Å²) in [6.07, 6.45) is 0.719. The number of aryl methyl sites for hydroxylation is 2. The predicted molar refractivity (Wildman–Crippen MR) is 105 cm³/mol. The van der Waals surface area contributed by atoms with Crippen LogP contribution in [0, 0.1) is 13.8 Å². The lowest BCUT2D eigenvalue weighted by molar-refractivity contribution is -0.137. The van der Waals surface area contributed by atoms with Crippen molar-refractivity contribution >= 4 is 15.9 Å². The van der Waals surface area contributed by atoms with E-state index in [2.05, 4.69) is 5.16 Å². The van der Waals surface area contributed by atoms with Gasteiger partial charge in [-0.1, -0.05) is 35.5 Å². The van der Waals surface area contributed by atoms with Gasteiger partial charge in [0.15, 0.2) is 5.76 Å². The summed E-state index contributed by atoms with van der Waals surface area (Å²) in [6, 6.07) is 9.74. The Morgan fingerprint density at radius 1 is 1.21 bits per heavy atom. The molecular weight excluding hydrogens is 394 g/mol. The number of amides is 1. The monoisotopic (exact) mass is 419 g/mol. The molecule has 1 atom stereocenters. The highest BCUT2D eigenvalue weighted by Crippen LogP contribution is 2.35. The zero-order valence-corrected chi connectivity index (χ0v) is 17.4. The smallest absolute Gasteiger partial charge is 0.248 e. The van der Waals surface area contributed by atoms with E-state index in [9.17, 15) is 13.2 Å². The number of hydrogen-bond acceptors (Lipinski definition) is 6. The molecule has 2 aromatic rings. The Kier molecular flexibility index (Phi) is 5.22. The van der Waals surface area contributed by atoms with Gasteiger partial charge in [-0.05, 0) is 25.8 Å². The van der Waals surface area contributed by atoms with Gasteiger partial charge in [-0.25, -0.2) is 8.42 Å². The maximum Gasteiger partial charge on any atom is 0.248 e. The average molecular weight is 420 g/mol. The number of hydrogen-bond donors (Lipinski definition) is 0. The molecule has 0 N–H and O–H groups in total. The van der Waals surface area contributed by atoms with Crippen molar-refractivity contribution in [3.05, 3.63) is 47.3 Å². The van der Waals surface area contributed by atoms with Crippen molar-refractivity contribution in [2.75, 3.05) is 26.3 Å². The van der Waals surface area contributed by atoms with Gasteiger partial charge in [-0.15, -0.1) is 0 Å². The fourth-order valence-corrected chi connectivity index (χ4v) is 6.06. The molecule has 1 spiro atoms. The standard InChI is InChI=1S/C20H25N3O5S/c1-15-19(16(2)28-21-15)29(25,26)22-10-8-18(24)23(12-17-6-4-3-5-7-17)20(13-22)9-11-27-14-20/h3-7H,8-14H2,1-2H3. The van der Waals surface area contributed by atoms with E-state index >= 15 is 0 Å². The number of ether oxygens (including phenoxy) is 1. The number of benzene rings is 1. The molecule has 2 aliphatic rings. The van der Waals surface area contributed by atoms with E-state index in [0.717, 1.165) is 5.56 Å². The lowest BCUT2D eigenvalue weighted by atomic mass is 9.95. The van der Waals surface area contributed by atoms with Gasteiger partial charge in [0.25, 0.3) is 0 Å². The van der Waals surface area contributed by atoms with Gasteiger partial charge in [0, 0.05) is 32.7 Å². The maximum absolute atomic E-state index is 13.4. The van der Waals surface area contributed by atoms with E-state index in [1.807, 2.05) is 35.2 Å². The first kappa shape index (κ1) is 20.1. The van der Waals surface area contributed by atoms with Crippen LogP contribution in [-0.4, -0.2) is 60.5 Å². The SMILES string of the molecule is Cc1noc(C)c1S(=O)(=O)N1CCC(=O)N(Cc2ccccc2)C2(CCOC2)C1. The highest BCUT2D eigenvalue weighted by molar-refractivity contribution is 7.89. The number of carbonyl (C=O) groups is 1. The maximum atomic E-state index is 13.4. The van der Waals surface area contributed by atoms with Crippen LogP contribution in [0.1, 0.15) is 29.9 Å². The van der Waals surface area contributed by atoms with Crippen molar-refractivity contribution in [1.82, 2.24) is 14.4 Å². The first-order valence-electron chi connectivity index (χ1n) is 9.69. The number of aromatic nitrogens is 1. The first-order chi connectivity index (χ1) is 13.8. The zero-order chi connectivity index (χ0) is 20.6. The molecule has 0 bridgehead atoms. The molecule has 2 aliphatic heterocycles. The van der Waals surface area contributed by atoms with E-state index in [1.54, 1.807) is 13.8 Å². The second kappa shape index (κ2) is 7.55. The van der Waals surface area contributed by atoms with Gasteiger partial charge in [-0.3, -0.25) is 4.79 Å². The summed E-state index contributed by atoms with van der Waals surface area (Å²) >= 11 is 0. The van der Waals surface area contributed by atoms with Crippen molar-refractivity contribution in [2.45, 2.75) is 43.7 Å². The lowest BCUT2D eigenvalue weighted by Crippen LogP contribution is -2.56. The highest BCUT2D eigenvalue weighted by atomic mass is 32.2. The summed E-state index contributed by atoms with van der Waals surface area (Å²) < 4.78 is 39.0. The summed E-state index contributed by atoms with van der Waals surface area (Å²) in [6.45, 7) is 4.77. The van der Waals surface area contributed by atoms with Gasteiger partial charge in [0.05, 0.1) is 12.1 Å². The highest BCUT2D eigenvalue weighted by Gasteiger charge is 2.49. The van der Waals surface area contributed by atoms with Crippen molar-refractivity contribution in [1.29, 1.82) is 0 Å². The van der Waals surface area contributed by atoms with Crippen LogP contribution >= 0.6 is 0 Å². The van der Waals surface area contributed by atoms with Crippen LogP contribution in [0.3, 0.4) is 0 Å². The van der Waals surface area contributed by atoms with Crippen LogP contribution in [-0.2, 0) is 26.1 Å². The molecule has 2 saturated heterocycles. The fourth-order valence-electron chi connectivity index (χ4n) is 4.25. The molecule has 3 heterocycles. The molecule has 4 rings (SSSR count). The Balaban J connectivity index is 1.70. The zero-order valence-electron chi connectivity index (χ0n) is 16.6. The second-order valence-electron chi connectivity index (χ2n) is 7.73. The Morgan fingerprint density at radius 2 is 1.97 bits per heavy atom. The van der Waals surface area contributed by atoms with Gasteiger partial charge < -0.3 is 14.2 Å². The molecule has 29 heavy (non-hydrogen) atoms. The third-order valence-corrected chi connectivity index (χ3v) is 7.84. The predicted octanol–water partition coefficient (Wildman–Crippen LogP) is 1.87. The van der Waals surface area contributed by atoms with Gasteiger partial charge in [0.2, 0.25) is 15.9 Å². The summed E-state index contributed by atoms with van der Waals surface area (Å²) in [7, 11) is -3.84. The molecule has 0 radical (unpaired) electrons. The first-order valence-corrected chi connectivity index (χ1v) is 11.1. The molecular formula is C20H25N3O5S. The average Bonchev–Trinajstić information content (AvgIpc) is 3.27. The molecule has 156 valence electrons. The molecule has 0 aliphatic carbocycles. The third-order valence-electron chi connectivity index (χ3n) is 5.75. The van der Waals surface area contributed by atoms with Crippen LogP contribution in [0.2, 0.25) is 0 Å². The number of sulfonamides is 1. The van der Waals surface area contributed by atoms with Gasteiger partial charge in [-0.2, -0.15) is 4.31 Å². The van der Waals surface area contributed by atoms with Crippen molar-refractivity contribution in [3.63, 3.8) is 0 Å². The minimum atomic E-state index is -3.84. The molecule has 1 aromatic carbocycles. The number of rotatable bonds is 4. The fraction of sp³-hybridized carbons (Fsp3) is 0.500. The van der Waals surface area contributed by atoms with E-state index in [4.69, 9.17) is 9.26 Å². The van der Waals surface area contributed by atoms with E-state index in [0.29, 0.717) is 31.9 Å². The summed E-state index contributed by atoms with van der Waals surface area (Å²) in [5, 5.41) is 3.79. The second-order valence-corrected chi connectivity index (χ2v) is 9.61. The lowest BCUT2D eigenvalue weighted by Gasteiger charge is -2.40. The molecule has 1 aromatic heterocycles. The van der Waals surface area contributed by atoms with Crippen molar-refractivity contribution in [2.24, 2.45) is 0 Å². The molecule has 1 amide bonds. The van der Waals surface area contributed by atoms with E-state index in [-0.39, 0.29) is 36.1 Å². The summed E-state index contributed by atoms with van der Waals surface area (Å²) in [5.41, 5.74) is 0.653. The largest absolute Gasteiger partial charge is 0.379 e. The summed E-state index contributed by atoms with van der Waals surface area (Å²) in [4.78, 5) is 15.0. The molecule has 8 nitrogen and oxygen atoms in total. The van der Waals surface area contributed by atoms with Crippen LogP contribution in [0.4, 0.5) is 0 Å². The Bertz CT molecular complexity index is 977. The minimum Gasteiger partial charge on any atom is -0.379 e. The van der Waals surface area contributed by atoms with Crippen LogP contribution in [0.25, 0.3) is 0 Å². The van der Waals surface area contributed by atoms with E-state index in [1.165, 1.54) is 4.31 Å². The van der Waals surface area contributed by atoms with E-state index < -0.39 is 15.6 Å². The topological polar surface area (TPSA) is 93.0 Å². The summed E-state index contributed by atoms with van der Waals surface area (Å²) in [5.74, 6) is 0.201. The minimum absolute atomic E-state index is 0.0594. The van der Waals surface area contributed by atoms with Crippen LogP contribution < -0.4 is 0 Å². The van der Waals surface area contributed by atoms with Gasteiger partial charge >= 0.3 is 0 Å². The van der Waals surface area contributed by atoms with Crippen molar-refractivity contribution in [3.8, 4) is 0 Å². The Morgan fingerprint density at radius 3 is 2.59 bits per heavy atom. The molecule has 1 unspecified atom stereocenters. The molecule has 2 fully saturated rings. The third kappa shape index (κ3) is 3.58. The van der Waals surface area contributed by atoms with Crippen LogP contribution in [0.5, 0.6) is 0 Å². The molecule has 0 saturated carbocycles. The Hall–Kier alpha value is -2.23. The van der Waals surface area contributed by atoms with Gasteiger partial charge in [0.1, 0.15) is 10.6 Å². The van der Waals surface area contributed by atoms with Crippen LogP contribution in [0.15, 0.2) is 39.8 Å². The Labute approximate surface area is 170 Å². The number of nitrogens with zero attached hydrogens (tertiary/aromatic N) is 3. The van der Waals surface area contributed by atoms with Crippen molar-refractivity contribution < 1.29 is 22.5 Å².